The van der Waals surface area contributed by atoms with E-state index in [0.29, 0.717) is 10.8 Å². The average molecular weight is 351 g/mol. The van der Waals surface area contributed by atoms with Crippen molar-refractivity contribution in [2.75, 3.05) is 5.32 Å². The first-order valence-electron chi connectivity index (χ1n) is 7.50. The van der Waals surface area contributed by atoms with Crippen LogP contribution in [0.1, 0.15) is 36.1 Å². The molecular weight excluding hydrogens is 331 g/mol. The molecule has 2 nitrogen and oxygen atoms in total. The summed E-state index contributed by atoms with van der Waals surface area (Å²) in [4.78, 5) is 0. The van der Waals surface area contributed by atoms with Gasteiger partial charge in [-0.15, -0.1) is 0 Å². The molecule has 5 heteroatoms. The van der Waals surface area contributed by atoms with E-state index in [2.05, 4.69) is 49.6 Å². The summed E-state index contributed by atoms with van der Waals surface area (Å²) in [5, 5.41) is 6.91. The highest BCUT2D eigenvalue weighted by Crippen LogP contribution is 2.23. The summed E-state index contributed by atoms with van der Waals surface area (Å²) in [6.07, 6.45) is 0.899. The van der Waals surface area contributed by atoms with Crippen LogP contribution < -0.4 is 10.6 Å². The first-order valence-corrected chi connectivity index (χ1v) is 8.29. The van der Waals surface area contributed by atoms with Gasteiger partial charge in [-0.2, -0.15) is 0 Å². The van der Waals surface area contributed by atoms with Gasteiger partial charge in [0.15, 0.2) is 5.11 Å². The Balaban J connectivity index is 2.08. The van der Waals surface area contributed by atoms with E-state index in [4.69, 9.17) is 23.8 Å². The third-order valence-corrected chi connectivity index (χ3v) is 4.20. The number of halogens is 2. The van der Waals surface area contributed by atoms with Gasteiger partial charge >= 0.3 is 0 Å². The highest BCUT2D eigenvalue weighted by Gasteiger charge is 2.13. The summed E-state index contributed by atoms with van der Waals surface area (Å²) >= 11 is 11.1. The molecule has 0 saturated carbocycles. The van der Waals surface area contributed by atoms with Gasteiger partial charge in [0.2, 0.25) is 0 Å². The number of nitrogens with one attached hydrogen (secondary N) is 2. The Labute approximate surface area is 147 Å². The van der Waals surface area contributed by atoms with Crippen molar-refractivity contribution in [1.29, 1.82) is 0 Å². The molecule has 2 rings (SSSR count). The minimum atomic E-state index is -0.446. The molecule has 0 aliphatic carbocycles. The summed E-state index contributed by atoms with van der Waals surface area (Å²) in [5.41, 5.74) is 4.35. The second-order valence-electron chi connectivity index (χ2n) is 5.55. The van der Waals surface area contributed by atoms with Crippen LogP contribution in [0, 0.1) is 19.7 Å². The van der Waals surface area contributed by atoms with E-state index in [-0.39, 0.29) is 11.1 Å². The number of hydrogen-bond donors (Lipinski definition) is 2. The zero-order valence-corrected chi connectivity index (χ0v) is 15.0. The predicted octanol–water partition coefficient (Wildman–Crippen LogP) is 5.53. The van der Waals surface area contributed by atoms with Crippen LogP contribution >= 0.6 is 23.8 Å². The standard InChI is InChI=1S/C18H20ClFN2S/c1-4-17(14-7-5-11(2)9-12(14)3)22-18(23)21-13-6-8-16(20)15(19)10-13/h5-10,17H,4H2,1-3H3,(H2,21,22,23)/t17-/m1/s1. The number of anilines is 1. The molecule has 0 aromatic heterocycles. The second kappa shape index (κ2) is 7.75. The summed E-state index contributed by atoms with van der Waals surface area (Å²) < 4.78 is 13.2. The Morgan fingerprint density at radius 1 is 1.22 bits per heavy atom. The van der Waals surface area contributed by atoms with Crippen LogP contribution in [-0.4, -0.2) is 5.11 Å². The van der Waals surface area contributed by atoms with E-state index >= 15 is 0 Å². The van der Waals surface area contributed by atoms with Crippen molar-refractivity contribution < 1.29 is 4.39 Å². The van der Waals surface area contributed by atoms with Gasteiger partial charge in [0, 0.05) is 5.69 Å². The maximum Gasteiger partial charge on any atom is 0.171 e. The average Bonchev–Trinajstić information content (AvgIpc) is 2.49. The van der Waals surface area contributed by atoms with Gasteiger partial charge in [0.05, 0.1) is 11.1 Å². The Kier molecular flexibility index (Phi) is 5.97. The van der Waals surface area contributed by atoms with Gasteiger partial charge in [-0.25, -0.2) is 4.39 Å². The van der Waals surface area contributed by atoms with Crippen LogP contribution in [0.3, 0.4) is 0 Å². The van der Waals surface area contributed by atoms with E-state index in [1.165, 1.54) is 28.8 Å². The van der Waals surface area contributed by atoms with Crippen molar-refractivity contribution in [2.45, 2.75) is 33.2 Å². The highest BCUT2D eigenvalue weighted by molar-refractivity contribution is 7.80. The number of thiocarbonyl (C=S) groups is 1. The molecule has 0 heterocycles. The SMILES string of the molecule is CC[C@@H](NC(=S)Nc1ccc(F)c(Cl)c1)c1ccc(C)cc1C. The topological polar surface area (TPSA) is 24.1 Å². The van der Waals surface area contributed by atoms with E-state index in [1.807, 2.05) is 0 Å². The first-order chi connectivity index (χ1) is 10.9. The minimum absolute atomic E-state index is 0.0687. The molecule has 0 saturated heterocycles. The lowest BCUT2D eigenvalue weighted by Gasteiger charge is -2.22. The van der Waals surface area contributed by atoms with Gasteiger partial charge in [-0.3, -0.25) is 0 Å². The molecule has 0 fully saturated rings. The fourth-order valence-corrected chi connectivity index (χ4v) is 2.96. The van der Waals surface area contributed by atoms with Crippen LogP contribution in [0.4, 0.5) is 10.1 Å². The number of hydrogen-bond acceptors (Lipinski definition) is 1. The monoisotopic (exact) mass is 350 g/mol. The molecule has 0 aliphatic heterocycles. The van der Waals surface area contributed by atoms with Crippen LogP contribution in [0.15, 0.2) is 36.4 Å². The van der Waals surface area contributed by atoms with Crippen molar-refractivity contribution in [3.63, 3.8) is 0 Å². The lowest BCUT2D eigenvalue weighted by Crippen LogP contribution is -2.32. The van der Waals surface area contributed by atoms with Crippen LogP contribution in [0.5, 0.6) is 0 Å². The third-order valence-electron chi connectivity index (χ3n) is 3.69. The number of aryl methyl sites for hydroxylation is 2. The molecule has 0 aliphatic rings. The fourth-order valence-electron chi connectivity index (χ4n) is 2.52. The quantitative estimate of drug-likeness (QED) is 0.708. The number of benzene rings is 2. The predicted molar refractivity (Wildman–Crippen MR) is 99.7 cm³/mol. The van der Waals surface area contributed by atoms with Gasteiger partial charge in [0.1, 0.15) is 5.82 Å². The fraction of sp³-hybridized carbons (Fsp3) is 0.278. The van der Waals surface area contributed by atoms with Crippen molar-refractivity contribution in [3.05, 3.63) is 63.9 Å². The Morgan fingerprint density at radius 3 is 2.57 bits per heavy atom. The van der Waals surface area contributed by atoms with Crippen molar-refractivity contribution in [1.82, 2.24) is 5.32 Å². The minimum Gasteiger partial charge on any atom is -0.356 e. The van der Waals surface area contributed by atoms with Crippen LogP contribution in [0.2, 0.25) is 5.02 Å². The molecule has 23 heavy (non-hydrogen) atoms. The summed E-state index contributed by atoms with van der Waals surface area (Å²) in [6.45, 7) is 6.28. The van der Waals surface area contributed by atoms with Crippen molar-refractivity contribution in [2.24, 2.45) is 0 Å². The lowest BCUT2D eigenvalue weighted by atomic mass is 9.98. The first kappa shape index (κ1) is 17.7. The molecule has 1 atom stereocenters. The molecule has 0 amide bonds. The Morgan fingerprint density at radius 2 is 1.96 bits per heavy atom. The van der Waals surface area contributed by atoms with Crippen molar-refractivity contribution >= 4 is 34.6 Å². The smallest absolute Gasteiger partial charge is 0.171 e. The second-order valence-corrected chi connectivity index (χ2v) is 6.36. The maximum absolute atomic E-state index is 13.2. The van der Waals surface area contributed by atoms with E-state index in [9.17, 15) is 4.39 Å². The molecule has 0 spiro atoms. The lowest BCUT2D eigenvalue weighted by molar-refractivity contribution is 0.624. The highest BCUT2D eigenvalue weighted by atomic mass is 35.5. The normalized spacial score (nSPS) is 11.9. The zero-order valence-electron chi connectivity index (χ0n) is 13.4. The molecule has 2 aromatic carbocycles. The third kappa shape index (κ3) is 4.66. The maximum atomic E-state index is 13.2. The van der Waals surface area contributed by atoms with Gasteiger partial charge in [-0.1, -0.05) is 42.3 Å². The molecule has 2 N–H and O–H groups in total. The molecule has 122 valence electrons. The van der Waals surface area contributed by atoms with Crippen LogP contribution in [-0.2, 0) is 0 Å². The Hall–Kier alpha value is -1.65. The molecular formula is C18H20ClFN2S. The largest absolute Gasteiger partial charge is 0.356 e. The summed E-state index contributed by atoms with van der Waals surface area (Å²) in [5.74, 6) is -0.446. The van der Waals surface area contributed by atoms with Crippen LogP contribution in [0.25, 0.3) is 0 Å². The zero-order chi connectivity index (χ0) is 17.0. The van der Waals surface area contributed by atoms with Gasteiger partial charge in [-0.05, 0) is 61.8 Å². The van der Waals surface area contributed by atoms with Gasteiger partial charge in [0.25, 0.3) is 0 Å². The van der Waals surface area contributed by atoms with E-state index < -0.39 is 5.82 Å². The molecule has 2 aromatic rings. The summed E-state index contributed by atoms with van der Waals surface area (Å²) in [6, 6.07) is 10.9. The number of rotatable bonds is 4. The Bertz CT molecular complexity index is 718. The molecule has 0 bridgehead atoms. The molecule has 0 radical (unpaired) electrons. The van der Waals surface area contributed by atoms with Gasteiger partial charge < -0.3 is 10.6 Å². The van der Waals surface area contributed by atoms with Crippen molar-refractivity contribution in [3.8, 4) is 0 Å². The van der Waals surface area contributed by atoms with E-state index in [1.54, 1.807) is 6.07 Å². The summed E-state index contributed by atoms with van der Waals surface area (Å²) in [7, 11) is 0. The molecule has 0 unspecified atom stereocenters. The van der Waals surface area contributed by atoms with E-state index in [0.717, 1.165) is 6.42 Å².